The maximum atomic E-state index is 5.10. The lowest BCUT2D eigenvalue weighted by Crippen LogP contribution is -2.16. The Morgan fingerprint density at radius 2 is 1.25 bits per heavy atom. The average Bonchev–Trinajstić information content (AvgIpc) is 2.85. The molecule has 4 rings (SSSR count). The number of aromatic nitrogens is 1. The Balaban J connectivity index is 1.79. The van der Waals surface area contributed by atoms with Crippen molar-refractivity contribution in [3.05, 3.63) is 119 Å². The molecule has 0 bridgehead atoms. The summed E-state index contributed by atoms with van der Waals surface area (Å²) in [4.78, 5) is 5.10. The van der Waals surface area contributed by atoms with Crippen molar-refractivity contribution in [2.75, 3.05) is 5.32 Å². The van der Waals surface area contributed by atoms with Gasteiger partial charge in [-0.2, -0.15) is 0 Å². The number of benzene rings is 3. The summed E-state index contributed by atoms with van der Waals surface area (Å²) in [5.41, 5.74) is 8.44. The highest BCUT2D eigenvalue weighted by Gasteiger charge is 2.19. The number of hydrogen-bond acceptors (Lipinski definition) is 2. The van der Waals surface area contributed by atoms with Crippen LogP contribution in [0.1, 0.15) is 55.1 Å². The van der Waals surface area contributed by atoms with E-state index in [0.717, 1.165) is 42.6 Å². The van der Waals surface area contributed by atoms with Crippen LogP contribution in [0.3, 0.4) is 0 Å². The summed E-state index contributed by atoms with van der Waals surface area (Å²) in [5, 5.41) is 3.93. The van der Waals surface area contributed by atoms with Crippen LogP contribution in [0.15, 0.2) is 97.1 Å². The van der Waals surface area contributed by atoms with Gasteiger partial charge < -0.3 is 5.32 Å². The zero-order valence-electron chi connectivity index (χ0n) is 19.1. The van der Waals surface area contributed by atoms with Gasteiger partial charge in [0, 0.05) is 11.3 Å². The summed E-state index contributed by atoms with van der Waals surface area (Å²) in [5.74, 6) is 0. The first kappa shape index (κ1) is 21.8. The zero-order valence-corrected chi connectivity index (χ0v) is 19.1. The minimum atomic E-state index is -0.0199. The summed E-state index contributed by atoms with van der Waals surface area (Å²) in [6, 6.07) is 34.1. The number of pyridine rings is 1. The second kappa shape index (κ2) is 10.8. The monoisotopic (exact) mass is 420 g/mol. The second-order valence-electron chi connectivity index (χ2n) is 8.25. The van der Waals surface area contributed by atoms with Gasteiger partial charge in [-0.15, -0.1) is 0 Å². The summed E-state index contributed by atoms with van der Waals surface area (Å²) in [6.45, 7) is 4.49. The molecule has 1 aromatic heterocycles. The summed E-state index contributed by atoms with van der Waals surface area (Å²) < 4.78 is 0. The SMILES string of the molecule is CCCc1cccc(CCC)c1NC(c1ccccc1)c1cccc(-c2ccccc2)n1. The molecule has 2 heteroatoms. The molecule has 1 unspecified atom stereocenters. The fraction of sp³-hybridized carbons (Fsp3) is 0.233. The third-order valence-corrected chi connectivity index (χ3v) is 5.83. The van der Waals surface area contributed by atoms with Gasteiger partial charge in [0.05, 0.1) is 17.4 Å². The maximum absolute atomic E-state index is 5.10. The van der Waals surface area contributed by atoms with Crippen molar-refractivity contribution in [2.24, 2.45) is 0 Å². The number of hydrogen-bond donors (Lipinski definition) is 1. The van der Waals surface area contributed by atoms with Crippen LogP contribution < -0.4 is 5.32 Å². The van der Waals surface area contributed by atoms with Crippen LogP contribution in [0, 0.1) is 0 Å². The van der Waals surface area contributed by atoms with Gasteiger partial charge >= 0.3 is 0 Å². The molecule has 162 valence electrons. The highest BCUT2D eigenvalue weighted by atomic mass is 15.0. The molecule has 3 aromatic carbocycles. The van der Waals surface area contributed by atoms with E-state index >= 15 is 0 Å². The van der Waals surface area contributed by atoms with E-state index in [-0.39, 0.29) is 6.04 Å². The second-order valence-corrected chi connectivity index (χ2v) is 8.25. The largest absolute Gasteiger partial charge is 0.372 e. The molecule has 0 aliphatic rings. The van der Waals surface area contributed by atoms with Gasteiger partial charge in [0.1, 0.15) is 0 Å². The van der Waals surface area contributed by atoms with E-state index in [0.29, 0.717) is 0 Å². The molecule has 32 heavy (non-hydrogen) atoms. The minimum Gasteiger partial charge on any atom is -0.372 e. The Hall–Kier alpha value is -3.39. The van der Waals surface area contributed by atoms with Gasteiger partial charge in [-0.1, -0.05) is 112 Å². The van der Waals surface area contributed by atoms with Gasteiger partial charge in [0.25, 0.3) is 0 Å². The average molecular weight is 421 g/mol. The van der Waals surface area contributed by atoms with E-state index in [1.54, 1.807) is 0 Å². The molecule has 0 saturated carbocycles. The predicted octanol–water partition coefficient (Wildman–Crippen LogP) is 7.86. The summed E-state index contributed by atoms with van der Waals surface area (Å²) in [6.07, 6.45) is 4.39. The molecule has 0 aliphatic heterocycles. The van der Waals surface area contributed by atoms with Crippen LogP contribution in [0.5, 0.6) is 0 Å². The number of rotatable bonds is 9. The topological polar surface area (TPSA) is 24.9 Å². The number of para-hydroxylation sites is 1. The number of nitrogens with one attached hydrogen (secondary N) is 1. The van der Waals surface area contributed by atoms with Gasteiger partial charge in [-0.3, -0.25) is 4.98 Å². The third-order valence-electron chi connectivity index (χ3n) is 5.83. The van der Waals surface area contributed by atoms with Crippen LogP contribution in [0.2, 0.25) is 0 Å². The quantitative estimate of drug-likeness (QED) is 0.298. The highest BCUT2D eigenvalue weighted by Crippen LogP contribution is 2.32. The fourth-order valence-corrected chi connectivity index (χ4v) is 4.29. The smallest absolute Gasteiger partial charge is 0.0940 e. The molecule has 0 radical (unpaired) electrons. The van der Waals surface area contributed by atoms with Crippen molar-refractivity contribution >= 4 is 5.69 Å². The van der Waals surface area contributed by atoms with E-state index in [9.17, 15) is 0 Å². The fourth-order valence-electron chi connectivity index (χ4n) is 4.29. The molecule has 1 atom stereocenters. The van der Waals surface area contributed by atoms with Crippen molar-refractivity contribution in [1.82, 2.24) is 4.98 Å². The zero-order chi connectivity index (χ0) is 22.2. The maximum Gasteiger partial charge on any atom is 0.0940 e. The van der Waals surface area contributed by atoms with Crippen molar-refractivity contribution in [1.29, 1.82) is 0 Å². The third kappa shape index (κ3) is 5.08. The molecule has 2 nitrogen and oxygen atoms in total. The Labute approximate surface area is 192 Å². The lowest BCUT2D eigenvalue weighted by atomic mass is 9.96. The van der Waals surface area contributed by atoms with Crippen LogP contribution in [-0.4, -0.2) is 4.98 Å². The lowest BCUT2D eigenvalue weighted by Gasteiger charge is -2.25. The molecular formula is C30H32N2. The van der Waals surface area contributed by atoms with Crippen LogP contribution in [0.25, 0.3) is 11.3 Å². The van der Waals surface area contributed by atoms with Crippen LogP contribution in [0.4, 0.5) is 5.69 Å². The molecular weight excluding hydrogens is 388 g/mol. The van der Waals surface area contributed by atoms with Crippen molar-refractivity contribution in [2.45, 2.75) is 45.6 Å². The Bertz CT molecular complexity index is 1100. The number of nitrogens with zero attached hydrogens (tertiary/aromatic N) is 1. The first-order valence-electron chi connectivity index (χ1n) is 11.7. The number of aryl methyl sites for hydroxylation is 2. The van der Waals surface area contributed by atoms with E-state index in [4.69, 9.17) is 4.98 Å². The predicted molar refractivity (Wildman–Crippen MR) is 136 cm³/mol. The van der Waals surface area contributed by atoms with Gasteiger partial charge in [0.15, 0.2) is 0 Å². The molecule has 1 N–H and O–H groups in total. The molecule has 0 spiro atoms. The van der Waals surface area contributed by atoms with Crippen LogP contribution in [-0.2, 0) is 12.8 Å². The molecule has 0 aliphatic carbocycles. The minimum absolute atomic E-state index is 0.0199. The van der Waals surface area contributed by atoms with Crippen LogP contribution >= 0.6 is 0 Å². The molecule has 0 amide bonds. The summed E-state index contributed by atoms with van der Waals surface area (Å²) in [7, 11) is 0. The van der Waals surface area contributed by atoms with E-state index in [1.165, 1.54) is 22.4 Å². The van der Waals surface area contributed by atoms with Crippen molar-refractivity contribution < 1.29 is 0 Å². The first-order chi connectivity index (χ1) is 15.8. The van der Waals surface area contributed by atoms with Gasteiger partial charge in [-0.25, -0.2) is 0 Å². The first-order valence-corrected chi connectivity index (χ1v) is 11.7. The van der Waals surface area contributed by atoms with E-state index < -0.39 is 0 Å². The lowest BCUT2D eigenvalue weighted by molar-refractivity contribution is 0.854. The highest BCUT2D eigenvalue weighted by molar-refractivity contribution is 5.62. The van der Waals surface area contributed by atoms with Gasteiger partial charge in [-0.05, 0) is 41.7 Å². The molecule has 0 fully saturated rings. The Morgan fingerprint density at radius 3 is 1.88 bits per heavy atom. The Kier molecular flexibility index (Phi) is 7.34. The normalized spacial score (nSPS) is 11.8. The standard InChI is InChI=1S/C30H32N2/c1-3-13-24-19-11-20-25(14-4-2)29(24)32-30(26-17-9-6-10-18-26)28-22-12-21-27(31-28)23-15-7-5-8-16-23/h5-12,15-22,30,32H,3-4,13-14H2,1-2H3. The van der Waals surface area contributed by atoms with Crippen molar-refractivity contribution in [3.8, 4) is 11.3 Å². The summed E-state index contributed by atoms with van der Waals surface area (Å²) >= 11 is 0. The van der Waals surface area contributed by atoms with Crippen molar-refractivity contribution in [3.63, 3.8) is 0 Å². The number of anilines is 1. The van der Waals surface area contributed by atoms with Gasteiger partial charge in [0.2, 0.25) is 0 Å². The Morgan fingerprint density at radius 1 is 0.656 bits per heavy atom. The molecule has 0 saturated heterocycles. The van der Waals surface area contributed by atoms with E-state index in [1.807, 2.05) is 6.07 Å². The molecule has 4 aromatic rings. The molecule has 1 heterocycles. The van der Waals surface area contributed by atoms with E-state index in [2.05, 4.69) is 110 Å².